The zero-order valence-electron chi connectivity index (χ0n) is 15.7. The van der Waals surface area contributed by atoms with Gasteiger partial charge in [0.05, 0.1) is 5.92 Å². The van der Waals surface area contributed by atoms with Crippen LogP contribution in [0, 0.1) is 19.8 Å². The minimum atomic E-state index is -0.414. The SMILES string of the molecule is CC(=O)Nc1cccc(NC(=O)C2CC(=O)N(c3cc(C)cc(C)c3)C2)c1. The van der Waals surface area contributed by atoms with Gasteiger partial charge in [0.25, 0.3) is 0 Å². The molecule has 1 atom stereocenters. The van der Waals surface area contributed by atoms with Crippen LogP contribution in [0.2, 0.25) is 0 Å². The first kappa shape index (κ1) is 18.6. The quantitative estimate of drug-likeness (QED) is 0.873. The number of nitrogens with one attached hydrogen (secondary N) is 2. The smallest absolute Gasteiger partial charge is 0.229 e. The van der Waals surface area contributed by atoms with Gasteiger partial charge in [-0.25, -0.2) is 0 Å². The fraction of sp³-hybridized carbons (Fsp3) is 0.286. The number of carbonyl (C=O) groups excluding carboxylic acids is 3. The zero-order valence-corrected chi connectivity index (χ0v) is 15.7. The third-order valence-electron chi connectivity index (χ3n) is 4.46. The minimum Gasteiger partial charge on any atom is -0.326 e. The Kier molecular flexibility index (Phi) is 5.26. The predicted octanol–water partition coefficient (Wildman–Crippen LogP) is 3.25. The van der Waals surface area contributed by atoms with Gasteiger partial charge in [-0.05, 0) is 55.3 Å². The fourth-order valence-electron chi connectivity index (χ4n) is 3.36. The molecule has 1 unspecified atom stereocenters. The molecule has 2 aromatic carbocycles. The molecular formula is C21H23N3O3. The van der Waals surface area contributed by atoms with E-state index in [1.54, 1.807) is 29.2 Å². The van der Waals surface area contributed by atoms with E-state index in [-0.39, 0.29) is 24.1 Å². The topological polar surface area (TPSA) is 78.5 Å². The average molecular weight is 365 g/mol. The Balaban J connectivity index is 1.70. The van der Waals surface area contributed by atoms with E-state index in [1.165, 1.54) is 6.92 Å². The molecule has 0 spiro atoms. The van der Waals surface area contributed by atoms with Crippen LogP contribution in [0.5, 0.6) is 0 Å². The number of hydrogen-bond acceptors (Lipinski definition) is 3. The van der Waals surface area contributed by atoms with Gasteiger partial charge < -0.3 is 15.5 Å². The number of amides is 3. The number of nitrogens with zero attached hydrogens (tertiary/aromatic N) is 1. The van der Waals surface area contributed by atoms with Crippen LogP contribution in [0.1, 0.15) is 24.5 Å². The number of rotatable bonds is 4. The highest BCUT2D eigenvalue weighted by Crippen LogP contribution is 2.28. The molecule has 2 aromatic rings. The van der Waals surface area contributed by atoms with Gasteiger partial charge in [0.2, 0.25) is 17.7 Å². The zero-order chi connectivity index (χ0) is 19.6. The minimum absolute atomic E-state index is 0.0489. The van der Waals surface area contributed by atoms with Gasteiger partial charge >= 0.3 is 0 Å². The van der Waals surface area contributed by atoms with Gasteiger partial charge in [0.1, 0.15) is 0 Å². The van der Waals surface area contributed by atoms with Gasteiger partial charge in [-0.1, -0.05) is 12.1 Å². The van der Waals surface area contributed by atoms with E-state index in [1.807, 2.05) is 26.0 Å². The van der Waals surface area contributed by atoms with Gasteiger partial charge in [0.15, 0.2) is 0 Å². The molecule has 27 heavy (non-hydrogen) atoms. The van der Waals surface area contributed by atoms with Gasteiger partial charge in [-0.15, -0.1) is 0 Å². The standard InChI is InChI=1S/C21H23N3O3/c1-13-7-14(2)9-19(8-13)24-12-16(10-20(24)26)21(27)23-18-6-4-5-17(11-18)22-15(3)25/h4-9,11,16H,10,12H2,1-3H3,(H,22,25)(H,23,27). The molecule has 1 saturated heterocycles. The molecule has 0 aliphatic carbocycles. The number of carbonyl (C=O) groups is 3. The molecule has 0 saturated carbocycles. The van der Waals surface area contributed by atoms with Crippen molar-refractivity contribution in [2.24, 2.45) is 5.92 Å². The molecule has 0 aromatic heterocycles. The molecule has 3 amide bonds. The Hall–Kier alpha value is -3.15. The van der Waals surface area contributed by atoms with E-state index in [0.717, 1.165) is 16.8 Å². The summed E-state index contributed by atoms with van der Waals surface area (Å²) in [6.07, 6.45) is 0.185. The molecule has 1 aliphatic rings. The van der Waals surface area contributed by atoms with Crippen LogP contribution >= 0.6 is 0 Å². The van der Waals surface area contributed by atoms with E-state index >= 15 is 0 Å². The van der Waals surface area contributed by atoms with Gasteiger partial charge in [-0.2, -0.15) is 0 Å². The van der Waals surface area contributed by atoms with Crippen LogP contribution in [-0.2, 0) is 14.4 Å². The Morgan fingerprint density at radius 2 is 1.63 bits per heavy atom. The van der Waals surface area contributed by atoms with Crippen LogP contribution in [0.15, 0.2) is 42.5 Å². The molecule has 1 aliphatic heterocycles. The fourth-order valence-corrected chi connectivity index (χ4v) is 3.36. The first-order valence-corrected chi connectivity index (χ1v) is 8.89. The lowest BCUT2D eigenvalue weighted by atomic mass is 10.1. The van der Waals surface area contributed by atoms with E-state index in [4.69, 9.17) is 0 Å². The summed E-state index contributed by atoms with van der Waals surface area (Å²) < 4.78 is 0. The summed E-state index contributed by atoms with van der Waals surface area (Å²) >= 11 is 0. The molecule has 1 heterocycles. The van der Waals surface area contributed by atoms with Crippen molar-refractivity contribution in [3.05, 3.63) is 53.6 Å². The van der Waals surface area contributed by atoms with E-state index in [2.05, 4.69) is 16.7 Å². The summed E-state index contributed by atoms with van der Waals surface area (Å²) in [6, 6.07) is 12.9. The normalized spacial score (nSPS) is 16.3. The second-order valence-electron chi connectivity index (χ2n) is 7.00. The monoisotopic (exact) mass is 365 g/mol. The second-order valence-corrected chi connectivity index (χ2v) is 7.00. The Bertz CT molecular complexity index is 887. The van der Waals surface area contributed by atoms with Gasteiger partial charge in [-0.3, -0.25) is 14.4 Å². The predicted molar refractivity (Wildman–Crippen MR) is 106 cm³/mol. The summed E-state index contributed by atoms with van der Waals surface area (Å²) in [5.41, 5.74) is 4.20. The van der Waals surface area contributed by atoms with Gasteiger partial charge in [0, 0.05) is 37.0 Å². The summed E-state index contributed by atoms with van der Waals surface area (Å²) in [4.78, 5) is 37.9. The Morgan fingerprint density at radius 3 is 2.26 bits per heavy atom. The van der Waals surface area contributed by atoms with E-state index in [0.29, 0.717) is 17.9 Å². The molecule has 2 N–H and O–H groups in total. The lowest BCUT2D eigenvalue weighted by Crippen LogP contribution is -2.28. The molecule has 0 radical (unpaired) electrons. The van der Waals surface area contributed by atoms with Crippen LogP contribution < -0.4 is 15.5 Å². The molecule has 1 fully saturated rings. The summed E-state index contributed by atoms with van der Waals surface area (Å²) in [5.74, 6) is -0.839. The molecule has 6 nitrogen and oxygen atoms in total. The van der Waals surface area contributed by atoms with Crippen molar-refractivity contribution in [1.82, 2.24) is 0 Å². The highest BCUT2D eigenvalue weighted by atomic mass is 16.2. The molecule has 140 valence electrons. The third kappa shape index (κ3) is 4.53. The van der Waals surface area contributed by atoms with Crippen LogP contribution in [0.25, 0.3) is 0 Å². The Morgan fingerprint density at radius 1 is 1.00 bits per heavy atom. The summed E-state index contributed by atoms with van der Waals surface area (Å²) in [6.45, 7) is 5.77. The van der Waals surface area contributed by atoms with E-state index < -0.39 is 5.92 Å². The summed E-state index contributed by atoms with van der Waals surface area (Å²) in [5, 5.41) is 5.53. The van der Waals surface area contributed by atoms with Crippen molar-refractivity contribution in [2.45, 2.75) is 27.2 Å². The highest BCUT2D eigenvalue weighted by Gasteiger charge is 2.35. The maximum atomic E-state index is 12.6. The van der Waals surface area contributed by atoms with Crippen LogP contribution in [0.3, 0.4) is 0 Å². The number of benzene rings is 2. The van der Waals surface area contributed by atoms with Crippen molar-refractivity contribution in [1.29, 1.82) is 0 Å². The molecule has 0 bridgehead atoms. The number of anilines is 3. The molecular weight excluding hydrogens is 342 g/mol. The van der Waals surface area contributed by atoms with E-state index in [9.17, 15) is 14.4 Å². The highest BCUT2D eigenvalue weighted by molar-refractivity contribution is 6.03. The first-order chi connectivity index (χ1) is 12.8. The molecule has 6 heteroatoms. The van der Waals surface area contributed by atoms with Crippen LogP contribution in [-0.4, -0.2) is 24.3 Å². The summed E-state index contributed by atoms with van der Waals surface area (Å²) in [7, 11) is 0. The number of aryl methyl sites for hydroxylation is 2. The molecule has 3 rings (SSSR count). The van der Waals surface area contributed by atoms with Crippen LogP contribution in [0.4, 0.5) is 17.1 Å². The first-order valence-electron chi connectivity index (χ1n) is 8.89. The maximum Gasteiger partial charge on any atom is 0.229 e. The van der Waals surface area contributed by atoms with Crippen molar-refractivity contribution < 1.29 is 14.4 Å². The Labute approximate surface area is 158 Å². The van der Waals surface area contributed by atoms with Crippen molar-refractivity contribution in [2.75, 3.05) is 22.1 Å². The maximum absolute atomic E-state index is 12.6. The van der Waals surface area contributed by atoms with Crippen molar-refractivity contribution >= 4 is 34.8 Å². The number of hydrogen-bond donors (Lipinski definition) is 2. The average Bonchev–Trinajstić information content (AvgIpc) is 2.95. The lowest BCUT2D eigenvalue weighted by Gasteiger charge is -2.18. The lowest BCUT2D eigenvalue weighted by molar-refractivity contribution is -0.122. The van der Waals surface area contributed by atoms with Crippen molar-refractivity contribution in [3.63, 3.8) is 0 Å². The second kappa shape index (κ2) is 7.61. The van der Waals surface area contributed by atoms with Crippen molar-refractivity contribution in [3.8, 4) is 0 Å². The third-order valence-corrected chi connectivity index (χ3v) is 4.46. The largest absolute Gasteiger partial charge is 0.326 e.